The molecule has 0 aliphatic carbocycles. The Morgan fingerprint density at radius 1 is 0.492 bits per heavy atom. The molecular formula is C46H68N2O17. The Hall–Kier alpha value is -5.40. The first-order chi connectivity index (χ1) is 31.3. The number of nitrogens with zero attached hydrogens (tertiary/aromatic N) is 2. The molecule has 0 fully saturated rings. The molecular weight excluding hydrogens is 853 g/mol. The van der Waals surface area contributed by atoms with E-state index in [9.17, 15) is 39.4 Å². The molecule has 364 valence electrons. The lowest BCUT2D eigenvalue weighted by Crippen LogP contribution is -2.11. The Morgan fingerprint density at radius 3 is 1.18 bits per heavy atom. The van der Waals surface area contributed by atoms with Crippen LogP contribution >= 0.6 is 0 Å². The third-order valence-electron chi connectivity index (χ3n) is 9.96. The van der Waals surface area contributed by atoms with Gasteiger partial charge < -0.3 is 42.6 Å². The quantitative estimate of drug-likeness (QED) is 0.0264. The molecule has 0 N–H and O–H groups in total. The smallest absolute Gasteiger partial charge is 0.306 e. The van der Waals surface area contributed by atoms with Crippen molar-refractivity contribution in [2.24, 2.45) is 0 Å². The van der Waals surface area contributed by atoms with Gasteiger partial charge in [0, 0.05) is 78.2 Å². The van der Waals surface area contributed by atoms with Gasteiger partial charge in [-0.25, -0.2) is 0 Å². The first kappa shape index (κ1) is 55.7. The normalized spacial score (nSPS) is 11.9. The molecule has 2 atom stereocenters. The van der Waals surface area contributed by atoms with Crippen LogP contribution in [0.5, 0.6) is 23.0 Å². The molecule has 65 heavy (non-hydrogen) atoms. The minimum Gasteiger partial charge on any atom is -0.493 e. The molecule has 0 aromatic heterocycles. The number of carbonyl (C=O) groups is 4. The van der Waals surface area contributed by atoms with Crippen LogP contribution in [0.15, 0.2) is 24.3 Å². The van der Waals surface area contributed by atoms with Crippen LogP contribution in [0.3, 0.4) is 0 Å². The first-order valence-electron chi connectivity index (χ1n) is 22.4. The number of hydrogen-bond donors (Lipinski definition) is 0. The molecule has 2 aromatic carbocycles. The largest absolute Gasteiger partial charge is 0.493 e. The Labute approximate surface area is 381 Å². The number of ether oxygens (including phenoxy) is 9. The highest BCUT2D eigenvalue weighted by atomic mass is 16.6. The Morgan fingerprint density at radius 2 is 0.846 bits per heavy atom. The van der Waals surface area contributed by atoms with Crippen molar-refractivity contribution in [1.82, 2.24) is 0 Å². The van der Waals surface area contributed by atoms with Gasteiger partial charge in [-0.2, -0.15) is 0 Å². The van der Waals surface area contributed by atoms with Crippen LogP contribution in [0.2, 0.25) is 0 Å². The summed E-state index contributed by atoms with van der Waals surface area (Å²) >= 11 is 0. The number of hydrogen-bond acceptors (Lipinski definition) is 17. The minimum absolute atomic E-state index is 0.00926. The summed E-state index contributed by atoms with van der Waals surface area (Å²) in [5.41, 5.74) is -0.234. The number of unbranched alkanes of at least 4 members (excludes halogenated alkanes) is 2. The molecule has 0 radical (unpaired) electrons. The molecule has 0 saturated carbocycles. The maximum Gasteiger partial charge on any atom is 0.306 e. The second-order valence-corrected chi connectivity index (χ2v) is 15.0. The number of ketones is 2. The van der Waals surface area contributed by atoms with E-state index in [1.807, 2.05) is 13.8 Å². The van der Waals surface area contributed by atoms with E-state index in [0.29, 0.717) is 104 Å². The molecule has 0 amide bonds. The van der Waals surface area contributed by atoms with E-state index in [1.165, 1.54) is 38.5 Å². The van der Waals surface area contributed by atoms with Crippen molar-refractivity contribution >= 4 is 34.9 Å². The molecule has 0 heterocycles. The predicted octanol–water partition coefficient (Wildman–Crippen LogP) is 8.88. The highest BCUT2D eigenvalue weighted by Crippen LogP contribution is 2.40. The lowest BCUT2D eigenvalue weighted by molar-refractivity contribution is -0.386. The van der Waals surface area contributed by atoms with Gasteiger partial charge in [0.25, 0.3) is 11.4 Å². The Bertz CT molecular complexity index is 1680. The van der Waals surface area contributed by atoms with Crippen molar-refractivity contribution in [2.45, 2.75) is 130 Å². The number of nitro groups is 2. The fourth-order valence-electron chi connectivity index (χ4n) is 6.51. The predicted molar refractivity (Wildman–Crippen MR) is 238 cm³/mol. The average molecular weight is 921 g/mol. The van der Waals surface area contributed by atoms with E-state index in [1.54, 1.807) is 13.8 Å². The summed E-state index contributed by atoms with van der Waals surface area (Å²) < 4.78 is 49.4. The monoisotopic (exact) mass is 920 g/mol. The van der Waals surface area contributed by atoms with Crippen molar-refractivity contribution in [3.63, 3.8) is 0 Å². The lowest BCUT2D eigenvalue weighted by Gasteiger charge is -2.17. The van der Waals surface area contributed by atoms with Gasteiger partial charge in [-0.15, -0.1) is 0 Å². The number of methoxy groups -OCH3 is 2. The van der Waals surface area contributed by atoms with E-state index in [0.717, 1.165) is 0 Å². The van der Waals surface area contributed by atoms with Crippen molar-refractivity contribution in [3.8, 4) is 23.0 Å². The zero-order valence-electron chi connectivity index (χ0n) is 38.9. The van der Waals surface area contributed by atoms with Gasteiger partial charge in [0.15, 0.2) is 23.0 Å². The molecule has 19 nitrogen and oxygen atoms in total. The summed E-state index contributed by atoms with van der Waals surface area (Å²) in [6.07, 6.45) is 3.87. The van der Waals surface area contributed by atoms with E-state index < -0.39 is 34.0 Å². The van der Waals surface area contributed by atoms with Gasteiger partial charge in [0.05, 0.1) is 60.5 Å². The molecule has 0 saturated heterocycles. The summed E-state index contributed by atoms with van der Waals surface area (Å²) in [7, 11) is 2.79. The number of benzene rings is 2. The van der Waals surface area contributed by atoms with Crippen LogP contribution in [0.4, 0.5) is 11.4 Å². The fourth-order valence-corrected chi connectivity index (χ4v) is 6.51. The van der Waals surface area contributed by atoms with Crippen LogP contribution in [-0.2, 0) is 42.9 Å². The number of nitro benzene ring substituents is 2. The number of carbonyl (C=O) groups excluding carboxylic acids is 4. The van der Waals surface area contributed by atoms with Gasteiger partial charge in [-0.05, 0) is 91.2 Å². The molecule has 2 unspecified atom stereocenters. The van der Waals surface area contributed by atoms with Crippen molar-refractivity contribution < 1.29 is 71.7 Å². The van der Waals surface area contributed by atoms with E-state index in [4.69, 9.17) is 42.6 Å². The molecule has 19 heteroatoms. The third kappa shape index (κ3) is 21.9. The van der Waals surface area contributed by atoms with E-state index in [-0.39, 0.29) is 96.0 Å². The molecule has 0 bridgehead atoms. The van der Waals surface area contributed by atoms with Crippen molar-refractivity contribution in [3.05, 3.63) is 55.6 Å². The van der Waals surface area contributed by atoms with Crippen molar-refractivity contribution in [2.75, 3.05) is 67.1 Å². The van der Waals surface area contributed by atoms with Crippen LogP contribution in [0.1, 0.15) is 141 Å². The Balaban J connectivity index is 1.67. The third-order valence-corrected chi connectivity index (χ3v) is 9.96. The summed E-state index contributed by atoms with van der Waals surface area (Å²) in [5.74, 6) is -0.206. The molecule has 0 aliphatic heterocycles. The zero-order valence-corrected chi connectivity index (χ0v) is 38.9. The minimum atomic E-state index is -0.901. The van der Waals surface area contributed by atoms with Gasteiger partial charge in [-0.1, -0.05) is 0 Å². The summed E-state index contributed by atoms with van der Waals surface area (Å²) in [6, 6.07) is 5.32. The first-order valence-corrected chi connectivity index (χ1v) is 22.4. The maximum atomic E-state index is 12.5. The average Bonchev–Trinajstić information content (AvgIpc) is 3.28. The van der Waals surface area contributed by atoms with Crippen LogP contribution in [0.25, 0.3) is 0 Å². The summed E-state index contributed by atoms with van der Waals surface area (Å²) in [5, 5.41) is 23.8. The van der Waals surface area contributed by atoms with E-state index in [2.05, 4.69) is 0 Å². The topological polar surface area (TPSA) is 238 Å². The summed E-state index contributed by atoms with van der Waals surface area (Å²) in [6.45, 7) is 10.1. The highest BCUT2D eigenvalue weighted by molar-refractivity contribution is 5.78. The standard InChI is InChI=1S/C46H68N2O17/c1-7-59-23-11-9-21-45(51)64-33(3)37-29-41(57-5)43(31-39(37)47(53)54)62-27-15-19-35(49)17-13-25-61-26-14-18-36(50)20-16-28-63-44-32-40(48(55)56)38(30-42(44)58-6)34(4)65-46(52)22-10-12-24-60-8-2/h29-34H,7-28H2,1-6H3. The van der Waals surface area contributed by atoms with Gasteiger partial charge in [0.2, 0.25) is 0 Å². The van der Waals surface area contributed by atoms with Crippen molar-refractivity contribution in [1.29, 1.82) is 0 Å². The molecule has 2 rings (SSSR count). The molecule has 0 aliphatic rings. The number of rotatable bonds is 38. The Kier molecular flexibility index (Phi) is 27.7. The van der Waals surface area contributed by atoms with E-state index >= 15 is 0 Å². The van der Waals surface area contributed by atoms with Gasteiger partial charge >= 0.3 is 11.9 Å². The lowest BCUT2D eigenvalue weighted by atomic mass is 10.1. The second kappa shape index (κ2) is 32.3. The molecule has 0 spiro atoms. The summed E-state index contributed by atoms with van der Waals surface area (Å²) in [4.78, 5) is 72.3. The van der Waals surface area contributed by atoms with Gasteiger partial charge in [-0.3, -0.25) is 39.4 Å². The fraction of sp³-hybridized carbons (Fsp3) is 0.652. The maximum absolute atomic E-state index is 12.5. The molecule has 2 aromatic rings. The zero-order chi connectivity index (χ0) is 48.0. The van der Waals surface area contributed by atoms with Crippen LogP contribution in [0, 0.1) is 20.2 Å². The number of esters is 2. The van der Waals surface area contributed by atoms with Crippen LogP contribution in [-0.4, -0.2) is 100 Å². The van der Waals surface area contributed by atoms with Gasteiger partial charge in [0.1, 0.15) is 23.8 Å². The second-order valence-electron chi connectivity index (χ2n) is 15.0. The number of Topliss-reactive ketones (excluding diaryl/α,β-unsaturated/α-hetero) is 2. The van der Waals surface area contributed by atoms with Crippen LogP contribution < -0.4 is 18.9 Å². The highest BCUT2D eigenvalue weighted by Gasteiger charge is 2.27. The SMILES string of the molecule is CCOCCCCC(=O)OC(C)c1cc(OC)c(OCCCC(=O)CCCOCCCC(=O)CCCOc2cc([N+](=O)[O-])c(C(C)OC(=O)CCCCOCC)cc2OC)cc1[N+](=O)[O-].